The van der Waals surface area contributed by atoms with E-state index >= 15 is 0 Å². The molecule has 1 atom stereocenters. The third-order valence-corrected chi connectivity index (χ3v) is 2.39. The number of rotatable bonds is 5. The Morgan fingerprint density at radius 3 is 2.78 bits per heavy atom. The summed E-state index contributed by atoms with van der Waals surface area (Å²) in [6, 6.07) is -1.29. The molecule has 1 aromatic rings. The predicted molar refractivity (Wildman–Crippen MR) is 64.4 cm³/mol. The normalized spacial score (nSPS) is 12.0. The lowest BCUT2D eigenvalue weighted by Gasteiger charge is -2.10. The molecular weight excluding hydrogens is 236 g/mol. The monoisotopic (exact) mass is 254 g/mol. The van der Waals surface area contributed by atoms with Crippen molar-refractivity contribution in [2.75, 3.05) is 6.61 Å². The van der Waals surface area contributed by atoms with Gasteiger partial charge >= 0.3 is 5.97 Å². The fourth-order valence-corrected chi connectivity index (χ4v) is 1.45. The van der Waals surface area contributed by atoms with Crippen molar-refractivity contribution in [3.63, 3.8) is 0 Å². The lowest BCUT2D eigenvalue weighted by atomic mass is 10.2. The number of nitrogens with zero attached hydrogens (tertiary/aromatic N) is 2. The molecule has 18 heavy (non-hydrogen) atoms. The van der Waals surface area contributed by atoms with E-state index in [0.29, 0.717) is 0 Å². The Hall–Kier alpha value is -1.89. The van der Waals surface area contributed by atoms with Gasteiger partial charge in [0, 0.05) is 25.4 Å². The number of nitrogens with two attached hydrogens (primary N) is 1. The van der Waals surface area contributed by atoms with Gasteiger partial charge in [-0.15, -0.1) is 0 Å². The highest BCUT2D eigenvalue weighted by atomic mass is 16.5. The minimum absolute atomic E-state index is 0.196. The Kier molecular flexibility index (Phi) is 4.85. The molecule has 0 fully saturated rings. The predicted octanol–water partition coefficient (Wildman–Crippen LogP) is -0.765. The SMILES string of the molecule is CCOC(=O)C(N)C(=O)NCc1cn(C)nc1C. The molecule has 1 rings (SSSR count). The van der Waals surface area contributed by atoms with Gasteiger partial charge < -0.3 is 15.8 Å². The molecule has 0 aliphatic carbocycles. The number of hydrogen-bond acceptors (Lipinski definition) is 5. The van der Waals surface area contributed by atoms with Gasteiger partial charge in [-0.2, -0.15) is 5.10 Å². The Morgan fingerprint density at radius 2 is 2.28 bits per heavy atom. The molecule has 0 aromatic carbocycles. The van der Waals surface area contributed by atoms with Gasteiger partial charge in [0.25, 0.3) is 0 Å². The van der Waals surface area contributed by atoms with E-state index < -0.39 is 17.9 Å². The number of carbonyl (C=O) groups excluding carboxylic acids is 2. The highest BCUT2D eigenvalue weighted by Crippen LogP contribution is 2.03. The maximum Gasteiger partial charge on any atom is 0.332 e. The Balaban J connectivity index is 2.51. The lowest BCUT2D eigenvalue weighted by Crippen LogP contribution is -2.46. The first-order chi connectivity index (χ1) is 8.45. The fourth-order valence-electron chi connectivity index (χ4n) is 1.45. The summed E-state index contributed by atoms with van der Waals surface area (Å²) in [5.41, 5.74) is 7.15. The van der Waals surface area contributed by atoms with Crippen molar-refractivity contribution >= 4 is 11.9 Å². The highest BCUT2D eigenvalue weighted by molar-refractivity contribution is 6.01. The van der Waals surface area contributed by atoms with Gasteiger partial charge in [-0.3, -0.25) is 9.48 Å². The Bertz CT molecular complexity index is 441. The fraction of sp³-hybridized carbons (Fsp3) is 0.545. The maximum atomic E-state index is 11.6. The summed E-state index contributed by atoms with van der Waals surface area (Å²) in [6.45, 7) is 3.97. The second-order valence-electron chi connectivity index (χ2n) is 3.86. The van der Waals surface area contributed by atoms with Crippen molar-refractivity contribution in [1.82, 2.24) is 15.1 Å². The first-order valence-electron chi connectivity index (χ1n) is 5.64. The summed E-state index contributed by atoms with van der Waals surface area (Å²) in [7, 11) is 1.79. The zero-order chi connectivity index (χ0) is 13.7. The molecule has 1 heterocycles. The third kappa shape index (κ3) is 3.56. The van der Waals surface area contributed by atoms with Crippen LogP contribution in [0.2, 0.25) is 0 Å². The van der Waals surface area contributed by atoms with Gasteiger partial charge in [0.1, 0.15) is 0 Å². The molecule has 0 saturated heterocycles. The van der Waals surface area contributed by atoms with Gasteiger partial charge in [0.15, 0.2) is 6.04 Å². The molecule has 0 spiro atoms. The molecule has 7 nitrogen and oxygen atoms in total. The van der Waals surface area contributed by atoms with Crippen molar-refractivity contribution in [2.24, 2.45) is 12.8 Å². The number of aromatic nitrogens is 2. The van der Waals surface area contributed by atoms with Crippen LogP contribution < -0.4 is 11.1 Å². The minimum atomic E-state index is -1.29. The maximum absolute atomic E-state index is 11.6. The van der Waals surface area contributed by atoms with Gasteiger partial charge in [-0.1, -0.05) is 0 Å². The molecule has 0 bridgehead atoms. The van der Waals surface area contributed by atoms with E-state index in [1.54, 1.807) is 24.9 Å². The van der Waals surface area contributed by atoms with E-state index in [0.717, 1.165) is 11.3 Å². The lowest BCUT2D eigenvalue weighted by molar-refractivity contribution is -0.148. The van der Waals surface area contributed by atoms with Gasteiger partial charge in [0.05, 0.1) is 12.3 Å². The molecule has 100 valence electrons. The number of nitrogens with one attached hydrogen (secondary N) is 1. The number of esters is 1. The van der Waals surface area contributed by atoms with E-state index in [-0.39, 0.29) is 13.2 Å². The molecule has 0 saturated carbocycles. The van der Waals surface area contributed by atoms with Crippen LogP contribution in [0.3, 0.4) is 0 Å². The van der Waals surface area contributed by atoms with Gasteiger partial charge in [0.2, 0.25) is 5.91 Å². The summed E-state index contributed by atoms with van der Waals surface area (Å²) in [4.78, 5) is 22.8. The summed E-state index contributed by atoms with van der Waals surface area (Å²) in [5.74, 6) is -1.28. The summed E-state index contributed by atoms with van der Waals surface area (Å²) in [5, 5.41) is 6.71. The van der Waals surface area contributed by atoms with Crippen LogP contribution in [-0.4, -0.2) is 34.3 Å². The highest BCUT2D eigenvalue weighted by Gasteiger charge is 2.23. The number of amides is 1. The van der Waals surface area contributed by atoms with E-state index in [9.17, 15) is 9.59 Å². The van der Waals surface area contributed by atoms with Crippen molar-refractivity contribution < 1.29 is 14.3 Å². The Labute approximate surface area is 105 Å². The summed E-state index contributed by atoms with van der Waals surface area (Å²) >= 11 is 0. The molecule has 7 heteroatoms. The van der Waals surface area contributed by atoms with Crippen molar-refractivity contribution in [3.05, 3.63) is 17.5 Å². The second kappa shape index (κ2) is 6.15. The molecule has 0 aliphatic rings. The molecular formula is C11H18N4O3. The molecule has 3 N–H and O–H groups in total. The first-order valence-corrected chi connectivity index (χ1v) is 5.64. The van der Waals surface area contributed by atoms with E-state index in [2.05, 4.69) is 15.2 Å². The standard InChI is InChI=1S/C11H18N4O3/c1-4-18-11(17)9(12)10(16)13-5-8-6-15(3)14-7(8)2/h6,9H,4-5,12H2,1-3H3,(H,13,16). The Morgan fingerprint density at radius 1 is 1.61 bits per heavy atom. The van der Waals surface area contributed by atoms with E-state index in [1.807, 2.05) is 6.92 Å². The molecule has 0 aliphatic heterocycles. The number of carbonyl (C=O) groups is 2. The molecule has 0 radical (unpaired) electrons. The molecule has 1 aromatic heterocycles. The van der Waals surface area contributed by atoms with Crippen LogP contribution in [0.5, 0.6) is 0 Å². The third-order valence-electron chi connectivity index (χ3n) is 2.39. The van der Waals surface area contributed by atoms with Crippen LogP contribution in [0.4, 0.5) is 0 Å². The quantitative estimate of drug-likeness (QED) is 0.531. The summed E-state index contributed by atoms with van der Waals surface area (Å²) in [6.07, 6.45) is 1.80. The van der Waals surface area contributed by atoms with Crippen LogP contribution in [-0.2, 0) is 27.9 Å². The van der Waals surface area contributed by atoms with Crippen LogP contribution in [0.15, 0.2) is 6.20 Å². The van der Waals surface area contributed by atoms with Crippen LogP contribution in [0, 0.1) is 6.92 Å². The number of ether oxygens (including phenoxy) is 1. The van der Waals surface area contributed by atoms with Gasteiger partial charge in [-0.25, -0.2) is 4.79 Å². The van der Waals surface area contributed by atoms with Gasteiger partial charge in [-0.05, 0) is 13.8 Å². The second-order valence-corrected chi connectivity index (χ2v) is 3.86. The summed E-state index contributed by atoms with van der Waals surface area (Å²) < 4.78 is 6.32. The van der Waals surface area contributed by atoms with Crippen LogP contribution in [0.1, 0.15) is 18.2 Å². The average molecular weight is 254 g/mol. The largest absolute Gasteiger partial charge is 0.464 e. The van der Waals surface area contributed by atoms with Crippen molar-refractivity contribution in [1.29, 1.82) is 0 Å². The smallest absolute Gasteiger partial charge is 0.332 e. The van der Waals surface area contributed by atoms with Crippen LogP contribution >= 0.6 is 0 Å². The van der Waals surface area contributed by atoms with Crippen molar-refractivity contribution in [2.45, 2.75) is 26.4 Å². The van der Waals surface area contributed by atoms with Crippen LogP contribution in [0.25, 0.3) is 0 Å². The number of hydrogen-bond donors (Lipinski definition) is 2. The molecule has 1 amide bonds. The molecule has 1 unspecified atom stereocenters. The van der Waals surface area contributed by atoms with E-state index in [1.165, 1.54) is 0 Å². The van der Waals surface area contributed by atoms with Crippen molar-refractivity contribution in [3.8, 4) is 0 Å². The zero-order valence-electron chi connectivity index (χ0n) is 10.8. The zero-order valence-corrected chi connectivity index (χ0v) is 10.8. The number of aryl methyl sites for hydroxylation is 2. The minimum Gasteiger partial charge on any atom is -0.464 e. The topological polar surface area (TPSA) is 99.2 Å². The first kappa shape index (κ1) is 14.2. The van der Waals surface area contributed by atoms with E-state index in [4.69, 9.17) is 5.73 Å². The average Bonchev–Trinajstić information content (AvgIpc) is 2.64.